The molecule has 1 fully saturated rings. The van der Waals surface area contributed by atoms with Crippen molar-refractivity contribution >= 4 is 20.1 Å². The number of carbonyl (C=O) groups excluding carboxylic acids is 2. The number of rotatable bonds is 13. The second-order valence-electron chi connectivity index (χ2n) is 10.5. The molecule has 0 heterocycles. The summed E-state index contributed by atoms with van der Waals surface area (Å²) in [6.07, 6.45) is 10.6. The van der Waals surface area contributed by atoms with Gasteiger partial charge in [0.15, 0.2) is 8.32 Å². The van der Waals surface area contributed by atoms with Crippen molar-refractivity contribution in [2.75, 3.05) is 7.11 Å². The van der Waals surface area contributed by atoms with Crippen LogP contribution < -0.4 is 0 Å². The summed E-state index contributed by atoms with van der Waals surface area (Å²) in [7, 11) is -0.580. The number of hydrogen-bond donors (Lipinski definition) is 1. The van der Waals surface area contributed by atoms with Crippen molar-refractivity contribution in [1.82, 2.24) is 0 Å². The van der Waals surface area contributed by atoms with Crippen molar-refractivity contribution in [3.05, 3.63) is 12.2 Å². The average molecular weight is 455 g/mol. The van der Waals surface area contributed by atoms with Crippen LogP contribution in [-0.2, 0) is 18.8 Å². The standard InChI is InChI=1S/C25H46O5Si/c1-8-13-19(26)16-17-21-20(14-11-9-10-12-15-24(28)29-5)22(27)18-23(21)30-31(6,7)25(2,3)4/h16-17,19-21,23,26H,8-15,18H2,1-7H3/b17-16+/t19-,20+,21+,23?/m0/s1. The summed E-state index contributed by atoms with van der Waals surface area (Å²) in [6.45, 7) is 13.2. The van der Waals surface area contributed by atoms with Gasteiger partial charge >= 0.3 is 5.97 Å². The molecule has 1 aliphatic rings. The lowest BCUT2D eigenvalue weighted by Crippen LogP contribution is -2.45. The van der Waals surface area contributed by atoms with Crippen LogP contribution in [0.3, 0.4) is 0 Å². The Bertz CT molecular complexity index is 593. The molecule has 1 rings (SSSR count). The van der Waals surface area contributed by atoms with Gasteiger partial charge in [0.25, 0.3) is 0 Å². The summed E-state index contributed by atoms with van der Waals surface area (Å²) >= 11 is 0. The minimum absolute atomic E-state index is 0.0307. The molecule has 4 atom stereocenters. The smallest absolute Gasteiger partial charge is 0.305 e. The Morgan fingerprint density at radius 1 is 1.23 bits per heavy atom. The molecule has 180 valence electrons. The number of aliphatic hydroxyl groups excluding tert-OH is 1. The van der Waals surface area contributed by atoms with Crippen LogP contribution in [-0.4, -0.2) is 44.5 Å². The van der Waals surface area contributed by atoms with Gasteiger partial charge in [-0.05, 0) is 37.4 Å². The summed E-state index contributed by atoms with van der Waals surface area (Å²) in [5.74, 6) is 0.119. The fourth-order valence-corrected chi connectivity index (χ4v) is 5.34. The number of aliphatic hydroxyl groups is 1. The van der Waals surface area contributed by atoms with E-state index < -0.39 is 14.4 Å². The summed E-state index contributed by atoms with van der Waals surface area (Å²) in [5.41, 5.74) is 0. The molecule has 1 N–H and O–H groups in total. The summed E-state index contributed by atoms with van der Waals surface area (Å²) < 4.78 is 11.4. The van der Waals surface area contributed by atoms with Crippen molar-refractivity contribution in [1.29, 1.82) is 0 Å². The molecule has 1 saturated carbocycles. The number of Topliss-reactive ketones (excluding diaryl/α,β-unsaturated/α-hetero) is 1. The molecule has 31 heavy (non-hydrogen) atoms. The lowest BCUT2D eigenvalue weighted by atomic mass is 9.88. The van der Waals surface area contributed by atoms with Gasteiger partial charge in [-0.2, -0.15) is 0 Å². The molecule has 0 spiro atoms. The Hall–Kier alpha value is -0.983. The van der Waals surface area contributed by atoms with Crippen molar-refractivity contribution in [2.24, 2.45) is 11.8 Å². The number of hydrogen-bond acceptors (Lipinski definition) is 5. The highest BCUT2D eigenvalue weighted by molar-refractivity contribution is 6.74. The maximum Gasteiger partial charge on any atom is 0.305 e. The van der Waals surface area contributed by atoms with Gasteiger partial charge in [-0.25, -0.2) is 0 Å². The van der Waals surface area contributed by atoms with Crippen LogP contribution in [0.25, 0.3) is 0 Å². The predicted molar refractivity (Wildman–Crippen MR) is 128 cm³/mol. The first-order valence-electron chi connectivity index (χ1n) is 12.1. The number of ketones is 1. The lowest BCUT2D eigenvalue weighted by molar-refractivity contribution is -0.140. The molecule has 5 nitrogen and oxygen atoms in total. The molecule has 1 unspecified atom stereocenters. The Morgan fingerprint density at radius 3 is 2.45 bits per heavy atom. The van der Waals surface area contributed by atoms with Crippen molar-refractivity contribution < 1.29 is 23.9 Å². The third kappa shape index (κ3) is 9.19. The second-order valence-corrected chi connectivity index (χ2v) is 15.3. The second kappa shape index (κ2) is 12.9. The minimum Gasteiger partial charge on any atom is -0.469 e. The molecule has 1 aliphatic carbocycles. The first-order chi connectivity index (χ1) is 14.4. The number of esters is 1. The van der Waals surface area contributed by atoms with Crippen molar-refractivity contribution in [3.63, 3.8) is 0 Å². The van der Waals surface area contributed by atoms with E-state index in [2.05, 4.69) is 51.6 Å². The third-order valence-corrected chi connectivity index (χ3v) is 11.5. The number of carbonyl (C=O) groups is 2. The zero-order valence-electron chi connectivity index (χ0n) is 20.9. The highest BCUT2D eigenvalue weighted by Gasteiger charge is 2.46. The topological polar surface area (TPSA) is 72.8 Å². The molecular formula is C25H46O5Si. The first kappa shape index (κ1) is 28.1. The molecule has 0 radical (unpaired) electrons. The molecule has 0 aromatic heterocycles. The van der Waals surface area contributed by atoms with Gasteiger partial charge in [0, 0.05) is 24.7 Å². The van der Waals surface area contributed by atoms with Gasteiger partial charge < -0.3 is 14.3 Å². The minimum atomic E-state index is -2.00. The third-order valence-electron chi connectivity index (χ3n) is 6.98. The van der Waals surface area contributed by atoms with Crippen LogP contribution in [0.15, 0.2) is 12.2 Å². The number of methoxy groups -OCH3 is 1. The molecular weight excluding hydrogens is 408 g/mol. The zero-order chi connectivity index (χ0) is 23.7. The van der Waals surface area contributed by atoms with Gasteiger partial charge in [0.1, 0.15) is 5.78 Å². The monoisotopic (exact) mass is 454 g/mol. The van der Waals surface area contributed by atoms with Crippen molar-refractivity contribution in [2.45, 2.75) is 116 Å². The van der Waals surface area contributed by atoms with Gasteiger partial charge in [-0.15, -0.1) is 0 Å². The van der Waals surface area contributed by atoms with E-state index in [1.54, 1.807) is 0 Å². The first-order valence-corrected chi connectivity index (χ1v) is 15.0. The van der Waals surface area contributed by atoms with E-state index in [1.165, 1.54) is 7.11 Å². The van der Waals surface area contributed by atoms with Crippen LogP contribution in [0.4, 0.5) is 0 Å². The molecule has 0 aliphatic heterocycles. The predicted octanol–water partition coefficient (Wildman–Crippen LogP) is 5.81. The Morgan fingerprint density at radius 2 is 1.87 bits per heavy atom. The molecule has 6 heteroatoms. The van der Waals surface area contributed by atoms with Crippen LogP contribution in [0.2, 0.25) is 18.1 Å². The number of unbranched alkanes of at least 4 members (excludes halogenated alkanes) is 3. The van der Waals surface area contributed by atoms with Crippen LogP contribution in [0.1, 0.15) is 85.5 Å². The fraction of sp³-hybridized carbons (Fsp3) is 0.840. The molecule has 0 aromatic rings. The number of ether oxygens (including phenoxy) is 1. The Kier molecular flexibility index (Phi) is 11.7. The molecule has 0 bridgehead atoms. The molecule has 0 amide bonds. The summed E-state index contributed by atoms with van der Waals surface area (Å²) in [4.78, 5) is 24.2. The van der Waals surface area contributed by atoms with E-state index in [4.69, 9.17) is 4.43 Å². The van der Waals surface area contributed by atoms with E-state index in [1.807, 2.05) is 6.08 Å². The Balaban J connectivity index is 2.79. The average Bonchev–Trinajstić information content (AvgIpc) is 2.95. The fourth-order valence-electron chi connectivity index (χ4n) is 3.98. The van der Waals surface area contributed by atoms with Crippen LogP contribution in [0.5, 0.6) is 0 Å². The quantitative estimate of drug-likeness (QED) is 0.164. The van der Waals surface area contributed by atoms with E-state index in [0.29, 0.717) is 12.8 Å². The lowest BCUT2D eigenvalue weighted by Gasteiger charge is -2.39. The molecule has 0 aromatic carbocycles. The van der Waals surface area contributed by atoms with E-state index in [-0.39, 0.29) is 34.7 Å². The van der Waals surface area contributed by atoms with Crippen LogP contribution in [0, 0.1) is 11.8 Å². The highest BCUT2D eigenvalue weighted by atomic mass is 28.4. The highest BCUT2D eigenvalue weighted by Crippen LogP contribution is 2.43. The van der Waals surface area contributed by atoms with Gasteiger partial charge in [-0.3, -0.25) is 9.59 Å². The maximum atomic E-state index is 12.9. The van der Waals surface area contributed by atoms with Gasteiger partial charge in [0.05, 0.1) is 19.3 Å². The SMILES string of the molecule is CCC[C@H](O)/C=C/[C@H]1C(O[Si](C)(C)C(C)(C)C)CC(=O)[C@@H]1CCCCCCC(=O)OC. The van der Waals surface area contributed by atoms with Crippen molar-refractivity contribution in [3.8, 4) is 0 Å². The normalized spacial score (nSPS) is 23.5. The molecule has 0 saturated heterocycles. The van der Waals surface area contributed by atoms with E-state index >= 15 is 0 Å². The summed E-state index contributed by atoms with van der Waals surface area (Å²) in [5, 5.41) is 10.3. The summed E-state index contributed by atoms with van der Waals surface area (Å²) in [6, 6.07) is 0. The Labute approximate surface area is 191 Å². The zero-order valence-corrected chi connectivity index (χ0v) is 21.9. The van der Waals surface area contributed by atoms with Gasteiger partial charge in [0.2, 0.25) is 0 Å². The van der Waals surface area contributed by atoms with Gasteiger partial charge in [-0.1, -0.05) is 65.5 Å². The largest absolute Gasteiger partial charge is 0.469 e. The maximum absolute atomic E-state index is 12.9. The van der Waals surface area contributed by atoms with Crippen LogP contribution >= 0.6 is 0 Å². The van der Waals surface area contributed by atoms with E-state index in [9.17, 15) is 14.7 Å². The van der Waals surface area contributed by atoms with E-state index in [0.717, 1.165) is 44.9 Å².